The Labute approximate surface area is 129 Å². The summed E-state index contributed by atoms with van der Waals surface area (Å²) in [7, 11) is 0. The summed E-state index contributed by atoms with van der Waals surface area (Å²) < 4.78 is 39.0. The predicted octanol–water partition coefficient (Wildman–Crippen LogP) is 5.20. The molecule has 0 unspecified atom stereocenters. The van der Waals surface area contributed by atoms with Gasteiger partial charge in [0.2, 0.25) is 0 Å². The predicted molar refractivity (Wildman–Crippen MR) is 79.0 cm³/mol. The molecule has 2 heterocycles. The summed E-state index contributed by atoms with van der Waals surface area (Å²) in [6.45, 7) is 0. The van der Waals surface area contributed by atoms with Crippen LogP contribution in [0.3, 0.4) is 0 Å². The van der Waals surface area contributed by atoms with Crippen LogP contribution in [0.5, 0.6) is 0 Å². The van der Waals surface area contributed by atoms with Crippen LogP contribution in [0.25, 0.3) is 0 Å². The molecule has 6 heteroatoms. The first-order chi connectivity index (χ1) is 10.5. The van der Waals surface area contributed by atoms with E-state index in [4.69, 9.17) is 11.6 Å². The maximum atomic E-state index is 13.0. The highest BCUT2D eigenvalue weighted by atomic mass is 35.5. The molecule has 0 fully saturated rings. The molecular weight excluding hydrogens is 313 g/mol. The van der Waals surface area contributed by atoms with Gasteiger partial charge in [-0.15, -0.1) is 0 Å². The zero-order chi connectivity index (χ0) is 15.7. The summed E-state index contributed by atoms with van der Waals surface area (Å²) in [5.41, 5.74) is 1.23. The fraction of sp³-hybridized carbons (Fsp3) is 0.125. The van der Waals surface area contributed by atoms with Gasteiger partial charge in [-0.05, 0) is 48.0 Å². The number of hydrogen-bond acceptors (Lipinski definition) is 0. The van der Waals surface area contributed by atoms with Gasteiger partial charge in [0.05, 0.1) is 11.5 Å². The lowest BCUT2D eigenvalue weighted by Crippen LogP contribution is -2.09. The largest absolute Gasteiger partial charge is 0.416 e. The van der Waals surface area contributed by atoms with Crippen molar-refractivity contribution in [1.82, 2.24) is 9.97 Å². The van der Waals surface area contributed by atoms with Crippen LogP contribution in [0.1, 0.15) is 28.4 Å². The van der Waals surface area contributed by atoms with E-state index in [1.54, 1.807) is 24.5 Å². The lowest BCUT2D eigenvalue weighted by molar-refractivity contribution is -0.137. The van der Waals surface area contributed by atoms with Crippen molar-refractivity contribution in [2.75, 3.05) is 0 Å². The number of hydrogen-bond donors (Lipinski definition) is 2. The average Bonchev–Trinajstić information content (AvgIpc) is 3.13. The molecule has 22 heavy (non-hydrogen) atoms. The molecule has 3 aromatic rings. The van der Waals surface area contributed by atoms with Crippen LogP contribution in [0.15, 0.2) is 54.9 Å². The monoisotopic (exact) mass is 324 g/mol. The van der Waals surface area contributed by atoms with E-state index in [0.717, 1.165) is 23.5 Å². The number of alkyl halides is 3. The highest BCUT2D eigenvalue weighted by Gasteiger charge is 2.32. The van der Waals surface area contributed by atoms with Crippen molar-refractivity contribution in [1.29, 1.82) is 0 Å². The second-order valence-electron chi connectivity index (χ2n) is 4.92. The minimum absolute atomic E-state index is 0.294. The fourth-order valence-electron chi connectivity index (χ4n) is 2.49. The van der Waals surface area contributed by atoms with E-state index in [1.165, 1.54) is 6.07 Å². The van der Waals surface area contributed by atoms with E-state index in [2.05, 4.69) is 9.97 Å². The molecule has 0 atom stereocenters. The van der Waals surface area contributed by atoms with Crippen LogP contribution >= 0.6 is 11.6 Å². The van der Waals surface area contributed by atoms with Crippen LogP contribution < -0.4 is 0 Å². The van der Waals surface area contributed by atoms with Crippen molar-refractivity contribution in [2.24, 2.45) is 0 Å². The summed E-state index contributed by atoms with van der Waals surface area (Å²) in [5, 5.41) is 0.294. The van der Waals surface area contributed by atoms with Crippen molar-refractivity contribution < 1.29 is 13.2 Å². The molecule has 114 valence electrons. The second-order valence-corrected chi connectivity index (χ2v) is 5.33. The van der Waals surface area contributed by atoms with Gasteiger partial charge in [0, 0.05) is 28.8 Å². The number of aromatic amines is 2. The SMILES string of the molecule is FC(F)(F)c1ccc(Cl)c(C(c2ccc[nH]2)c2ccc[nH]2)c1. The number of benzene rings is 1. The highest BCUT2D eigenvalue weighted by Crippen LogP contribution is 2.38. The molecule has 2 N–H and O–H groups in total. The highest BCUT2D eigenvalue weighted by molar-refractivity contribution is 6.31. The number of H-pyrrole nitrogens is 2. The fourth-order valence-corrected chi connectivity index (χ4v) is 2.72. The first-order valence-electron chi connectivity index (χ1n) is 6.60. The van der Waals surface area contributed by atoms with Gasteiger partial charge in [0.15, 0.2) is 0 Å². The van der Waals surface area contributed by atoms with E-state index >= 15 is 0 Å². The van der Waals surface area contributed by atoms with Crippen LogP contribution in [-0.2, 0) is 6.18 Å². The molecule has 0 spiro atoms. The smallest absolute Gasteiger partial charge is 0.364 e. The first-order valence-corrected chi connectivity index (χ1v) is 6.98. The molecule has 2 nitrogen and oxygen atoms in total. The molecule has 0 radical (unpaired) electrons. The van der Waals surface area contributed by atoms with E-state index in [-0.39, 0.29) is 0 Å². The van der Waals surface area contributed by atoms with E-state index < -0.39 is 17.7 Å². The number of aromatic nitrogens is 2. The maximum Gasteiger partial charge on any atom is 0.416 e. The molecule has 0 aliphatic rings. The second kappa shape index (κ2) is 5.57. The molecule has 0 aliphatic carbocycles. The normalized spacial score (nSPS) is 12.0. The molecule has 0 aliphatic heterocycles. The summed E-state index contributed by atoms with van der Waals surface area (Å²) in [5.74, 6) is -0.417. The van der Waals surface area contributed by atoms with Gasteiger partial charge in [-0.25, -0.2) is 0 Å². The van der Waals surface area contributed by atoms with Gasteiger partial charge in [-0.3, -0.25) is 0 Å². The van der Waals surface area contributed by atoms with Gasteiger partial charge in [-0.1, -0.05) is 11.6 Å². The van der Waals surface area contributed by atoms with Gasteiger partial charge >= 0.3 is 6.18 Å². The molecular formula is C16H12ClF3N2. The van der Waals surface area contributed by atoms with Crippen molar-refractivity contribution in [3.8, 4) is 0 Å². The Hall–Kier alpha value is -2.14. The topological polar surface area (TPSA) is 31.6 Å². The molecule has 0 saturated heterocycles. The third-order valence-electron chi connectivity index (χ3n) is 3.50. The van der Waals surface area contributed by atoms with Crippen LogP contribution in [-0.4, -0.2) is 9.97 Å². The van der Waals surface area contributed by atoms with Gasteiger partial charge in [-0.2, -0.15) is 13.2 Å². The van der Waals surface area contributed by atoms with Gasteiger partial charge in [0.1, 0.15) is 0 Å². The van der Waals surface area contributed by atoms with E-state index in [1.807, 2.05) is 12.1 Å². The molecule has 0 amide bonds. The average molecular weight is 325 g/mol. The Morgan fingerprint density at radius 3 is 1.95 bits per heavy atom. The molecule has 1 aromatic carbocycles. The third kappa shape index (κ3) is 2.76. The summed E-state index contributed by atoms with van der Waals surface area (Å²) in [6.07, 6.45) is -0.949. The van der Waals surface area contributed by atoms with Crippen molar-refractivity contribution >= 4 is 11.6 Å². The Balaban J connectivity index is 2.17. The van der Waals surface area contributed by atoms with E-state index in [0.29, 0.717) is 10.6 Å². The van der Waals surface area contributed by atoms with Crippen LogP contribution in [0, 0.1) is 0 Å². The quantitative estimate of drug-likeness (QED) is 0.664. The molecule has 2 aromatic heterocycles. The van der Waals surface area contributed by atoms with E-state index in [9.17, 15) is 13.2 Å². The summed E-state index contributed by atoms with van der Waals surface area (Å²) >= 11 is 6.18. The maximum absolute atomic E-state index is 13.0. The van der Waals surface area contributed by atoms with Gasteiger partial charge in [0.25, 0.3) is 0 Å². The van der Waals surface area contributed by atoms with Gasteiger partial charge < -0.3 is 9.97 Å². The first kappa shape index (κ1) is 14.8. The van der Waals surface area contributed by atoms with Crippen molar-refractivity contribution in [3.05, 3.63) is 82.4 Å². The van der Waals surface area contributed by atoms with Crippen LogP contribution in [0.2, 0.25) is 5.02 Å². The summed E-state index contributed by atoms with van der Waals surface area (Å²) in [4.78, 5) is 6.10. The zero-order valence-electron chi connectivity index (χ0n) is 11.3. The Morgan fingerprint density at radius 1 is 0.909 bits per heavy atom. The lowest BCUT2D eigenvalue weighted by Gasteiger charge is -2.18. The lowest BCUT2D eigenvalue weighted by atomic mass is 9.91. The third-order valence-corrected chi connectivity index (χ3v) is 3.84. The number of rotatable bonds is 3. The minimum Gasteiger partial charge on any atom is -0.364 e. The zero-order valence-corrected chi connectivity index (χ0v) is 12.0. The van der Waals surface area contributed by atoms with Crippen LogP contribution in [0.4, 0.5) is 13.2 Å². The van der Waals surface area contributed by atoms with Crippen molar-refractivity contribution in [2.45, 2.75) is 12.1 Å². The standard InChI is InChI=1S/C16H12ClF3N2/c17-12-6-5-10(16(18,19)20)9-11(12)15(13-3-1-7-21-13)14-4-2-8-22-14/h1-9,15,21-22H. The number of halogens is 4. The Morgan fingerprint density at radius 2 is 1.50 bits per heavy atom. The Bertz CT molecular complexity index is 712. The minimum atomic E-state index is -4.41. The molecule has 0 saturated carbocycles. The molecule has 3 rings (SSSR count). The number of nitrogens with one attached hydrogen (secondary N) is 2. The van der Waals surface area contributed by atoms with Crippen molar-refractivity contribution in [3.63, 3.8) is 0 Å². The summed E-state index contributed by atoms with van der Waals surface area (Å²) in [6, 6.07) is 10.6. The molecule has 0 bridgehead atoms. The Kier molecular flexibility index (Phi) is 3.74.